The Bertz CT molecular complexity index is 1530. The van der Waals surface area contributed by atoms with E-state index in [1.807, 2.05) is 30.3 Å². The van der Waals surface area contributed by atoms with Gasteiger partial charge in [-0.25, -0.2) is 9.78 Å². The zero-order valence-electron chi connectivity index (χ0n) is 19.7. The fraction of sp³-hybridized carbons (Fsp3) is 0.111. The van der Waals surface area contributed by atoms with Crippen molar-refractivity contribution >= 4 is 45.5 Å². The maximum atomic E-state index is 13.5. The third-order valence-corrected chi connectivity index (χ3v) is 7.72. The number of hydrogen-bond acceptors (Lipinski definition) is 9. The minimum Gasteiger partial charge on any atom is -0.503 e. The van der Waals surface area contributed by atoms with E-state index in [1.165, 1.54) is 23.3 Å². The number of aromatic nitrogens is 1. The van der Waals surface area contributed by atoms with Crippen LogP contribution >= 0.6 is 22.7 Å². The first-order chi connectivity index (χ1) is 17.9. The summed E-state index contributed by atoms with van der Waals surface area (Å²) < 4.78 is 10.8. The summed E-state index contributed by atoms with van der Waals surface area (Å²) in [7, 11) is 1.26. The molecular formula is C27H20N2O6S2. The molecule has 0 saturated heterocycles. The predicted octanol–water partition coefficient (Wildman–Crippen LogP) is 5.87. The van der Waals surface area contributed by atoms with Gasteiger partial charge in [-0.05, 0) is 48.2 Å². The summed E-state index contributed by atoms with van der Waals surface area (Å²) in [6.07, 6.45) is 0. The summed E-state index contributed by atoms with van der Waals surface area (Å²) in [6.45, 7) is 1.63. The van der Waals surface area contributed by atoms with Crippen LogP contribution in [0.25, 0.3) is 0 Å². The first-order valence-electron chi connectivity index (χ1n) is 11.1. The molecule has 5 rings (SSSR count). The monoisotopic (exact) mass is 532 g/mol. The van der Waals surface area contributed by atoms with Crippen molar-refractivity contribution in [1.29, 1.82) is 0 Å². The number of amides is 1. The van der Waals surface area contributed by atoms with Gasteiger partial charge in [-0.1, -0.05) is 47.7 Å². The van der Waals surface area contributed by atoms with Crippen LogP contribution in [0.2, 0.25) is 0 Å². The average molecular weight is 533 g/mol. The smallest absolute Gasteiger partial charge is 0.350 e. The minimum atomic E-state index is -1.00. The second-order valence-electron chi connectivity index (χ2n) is 8.04. The van der Waals surface area contributed by atoms with Crippen LogP contribution in [0.3, 0.4) is 0 Å². The molecule has 0 aliphatic carbocycles. The van der Waals surface area contributed by atoms with E-state index in [1.54, 1.807) is 48.7 Å². The molecule has 10 heteroatoms. The standard InChI is InChI=1S/C27H20N2O6S2/c1-15-24(26(33)34-2)37-27(28-15)29-21(20(23(31)25(29)32)22(30)19-12-7-13-36-19)16-8-6-11-18(14-16)35-17-9-4-3-5-10-17/h3-14,21,31H,1-2H3/t21-/m0/s1. The predicted molar refractivity (Wildman–Crippen MR) is 140 cm³/mol. The molecule has 0 unspecified atom stereocenters. The summed E-state index contributed by atoms with van der Waals surface area (Å²) in [5, 5.41) is 12.9. The van der Waals surface area contributed by atoms with Crippen LogP contribution in [-0.4, -0.2) is 34.9 Å². The maximum absolute atomic E-state index is 13.5. The van der Waals surface area contributed by atoms with Crippen LogP contribution in [0, 0.1) is 6.92 Å². The van der Waals surface area contributed by atoms with Gasteiger partial charge in [0, 0.05) is 0 Å². The third kappa shape index (κ3) is 4.52. The van der Waals surface area contributed by atoms with E-state index in [2.05, 4.69) is 4.98 Å². The molecule has 3 heterocycles. The quantitative estimate of drug-likeness (QED) is 0.234. The van der Waals surface area contributed by atoms with Crippen molar-refractivity contribution < 1.29 is 29.0 Å². The Morgan fingerprint density at radius 2 is 1.78 bits per heavy atom. The Labute approximate surface area is 220 Å². The fourth-order valence-electron chi connectivity index (χ4n) is 4.03. The number of thiazole rings is 1. The molecule has 0 bridgehead atoms. The Morgan fingerprint density at radius 1 is 1.03 bits per heavy atom. The van der Waals surface area contributed by atoms with Crippen molar-refractivity contribution in [3.8, 4) is 11.5 Å². The topological polar surface area (TPSA) is 106 Å². The van der Waals surface area contributed by atoms with Crippen LogP contribution < -0.4 is 9.64 Å². The molecule has 0 radical (unpaired) electrons. The van der Waals surface area contributed by atoms with Gasteiger partial charge in [-0.3, -0.25) is 14.5 Å². The number of anilines is 1. The number of benzene rings is 2. The van der Waals surface area contributed by atoms with E-state index >= 15 is 0 Å². The van der Waals surface area contributed by atoms with Gasteiger partial charge in [-0.15, -0.1) is 11.3 Å². The largest absolute Gasteiger partial charge is 0.503 e. The SMILES string of the molecule is COC(=O)c1sc(N2C(=O)C(O)=C(C(=O)c3cccs3)[C@@H]2c2cccc(Oc3ccccc3)c2)nc1C. The summed E-state index contributed by atoms with van der Waals surface area (Å²) >= 11 is 2.16. The van der Waals surface area contributed by atoms with Crippen molar-refractivity contribution in [2.24, 2.45) is 0 Å². The van der Waals surface area contributed by atoms with Crippen LogP contribution in [0.5, 0.6) is 11.5 Å². The van der Waals surface area contributed by atoms with Crippen LogP contribution in [0.1, 0.15) is 36.6 Å². The molecule has 2 aromatic carbocycles. The van der Waals surface area contributed by atoms with Gasteiger partial charge in [0.05, 0.1) is 29.3 Å². The van der Waals surface area contributed by atoms with Gasteiger partial charge in [0.25, 0.3) is 5.91 Å². The number of aliphatic hydroxyl groups excluding tert-OH is 1. The highest BCUT2D eigenvalue weighted by atomic mass is 32.1. The summed E-state index contributed by atoms with van der Waals surface area (Å²) in [5.41, 5.74) is 0.826. The number of methoxy groups -OCH3 is 1. The molecule has 1 N–H and O–H groups in total. The normalized spacial score (nSPS) is 15.2. The Kier molecular flexibility index (Phi) is 6.60. The highest BCUT2D eigenvalue weighted by Crippen LogP contribution is 2.44. The number of ether oxygens (including phenoxy) is 2. The molecule has 1 aliphatic heterocycles. The van der Waals surface area contributed by atoms with Gasteiger partial charge in [0.1, 0.15) is 16.4 Å². The number of thiophene rings is 1. The van der Waals surface area contributed by atoms with Gasteiger partial charge in [0.2, 0.25) is 5.78 Å². The number of ketones is 1. The first kappa shape index (κ1) is 24.4. The number of carbonyl (C=O) groups is 3. The minimum absolute atomic E-state index is 0.0724. The van der Waals surface area contributed by atoms with E-state index in [-0.39, 0.29) is 15.6 Å². The lowest BCUT2D eigenvalue weighted by Gasteiger charge is -2.24. The molecule has 2 aromatic heterocycles. The highest BCUT2D eigenvalue weighted by molar-refractivity contribution is 7.17. The van der Waals surface area contributed by atoms with Gasteiger partial charge >= 0.3 is 5.97 Å². The molecule has 0 fully saturated rings. The fourth-order valence-corrected chi connectivity index (χ4v) is 5.72. The second-order valence-corrected chi connectivity index (χ2v) is 9.96. The molecule has 4 aromatic rings. The lowest BCUT2D eigenvalue weighted by molar-refractivity contribution is -0.117. The second kappa shape index (κ2) is 10.00. The molecule has 186 valence electrons. The zero-order valence-corrected chi connectivity index (χ0v) is 21.3. The summed E-state index contributed by atoms with van der Waals surface area (Å²) in [4.78, 5) is 45.4. The molecule has 1 atom stereocenters. The average Bonchev–Trinajstić information content (AvgIpc) is 3.63. The first-order valence-corrected chi connectivity index (χ1v) is 12.8. The molecular weight excluding hydrogens is 512 g/mol. The van der Waals surface area contributed by atoms with Crippen LogP contribution in [0.15, 0.2) is 83.4 Å². The van der Waals surface area contributed by atoms with Crippen molar-refractivity contribution in [2.75, 3.05) is 12.0 Å². The molecule has 1 amide bonds. The number of para-hydroxylation sites is 1. The lowest BCUT2D eigenvalue weighted by atomic mass is 9.95. The Balaban J connectivity index is 1.62. The van der Waals surface area contributed by atoms with Crippen molar-refractivity contribution in [3.63, 3.8) is 0 Å². The van der Waals surface area contributed by atoms with Crippen LogP contribution in [-0.2, 0) is 9.53 Å². The number of nitrogens with zero attached hydrogens (tertiary/aromatic N) is 2. The zero-order chi connectivity index (χ0) is 26.1. The third-order valence-electron chi connectivity index (χ3n) is 5.71. The van der Waals surface area contributed by atoms with E-state index in [4.69, 9.17) is 9.47 Å². The Hall–Kier alpha value is -4.28. The molecule has 0 spiro atoms. The molecule has 0 saturated carbocycles. The number of aliphatic hydroxyl groups is 1. The van der Waals surface area contributed by atoms with Gasteiger partial charge < -0.3 is 14.6 Å². The number of Topliss-reactive ketones (excluding diaryl/α,β-unsaturated/α-hetero) is 1. The van der Waals surface area contributed by atoms with Crippen molar-refractivity contribution in [2.45, 2.75) is 13.0 Å². The Morgan fingerprint density at radius 3 is 2.49 bits per heavy atom. The molecule has 8 nitrogen and oxygen atoms in total. The van der Waals surface area contributed by atoms with E-state index in [0.29, 0.717) is 27.6 Å². The van der Waals surface area contributed by atoms with E-state index in [0.717, 1.165) is 11.3 Å². The van der Waals surface area contributed by atoms with Crippen molar-refractivity contribution in [1.82, 2.24) is 4.98 Å². The number of esters is 1. The highest BCUT2D eigenvalue weighted by Gasteiger charge is 2.46. The number of rotatable bonds is 7. The van der Waals surface area contributed by atoms with Crippen molar-refractivity contribution in [3.05, 3.63) is 104 Å². The molecule has 1 aliphatic rings. The van der Waals surface area contributed by atoms with E-state index < -0.39 is 29.5 Å². The van der Waals surface area contributed by atoms with E-state index in [9.17, 15) is 19.5 Å². The number of carbonyl (C=O) groups excluding carboxylic acids is 3. The molecule has 37 heavy (non-hydrogen) atoms. The maximum Gasteiger partial charge on any atom is 0.350 e. The number of hydrogen-bond donors (Lipinski definition) is 1. The number of aryl methyl sites for hydroxylation is 1. The summed E-state index contributed by atoms with van der Waals surface area (Å²) in [5.74, 6) is -1.41. The van der Waals surface area contributed by atoms with Crippen LogP contribution in [0.4, 0.5) is 5.13 Å². The lowest BCUT2D eigenvalue weighted by Crippen LogP contribution is -2.31. The van der Waals surface area contributed by atoms with Gasteiger partial charge in [0.15, 0.2) is 10.9 Å². The van der Waals surface area contributed by atoms with Gasteiger partial charge in [-0.2, -0.15) is 0 Å². The summed E-state index contributed by atoms with van der Waals surface area (Å²) in [6, 6.07) is 18.5.